The number of hydrogen-bond acceptors (Lipinski definition) is 3. The predicted octanol–water partition coefficient (Wildman–Crippen LogP) is 2.39. The van der Waals surface area contributed by atoms with Gasteiger partial charge in [-0.15, -0.1) is 0 Å². The van der Waals surface area contributed by atoms with Crippen molar-refractivity contribution >= 4 is 17.6 Å². The summed E-state index contributed by atoms with van der Waals surface area (Å²) < 4.78 is 5.40. The molecule has 110 valence electrons. The van der Waals surface area contributed by atoms with Crippen molar-refractivity contribution < 1.29 is 14.3 Å². The molecule has 3 fully saturated rings. The molecule has 0 spiro atoms. The molecule has 0 radical (unpaired) electrons. The van der Waals surface area contributed by atoms with Crippen molar-refractivity contribution in [2.45, 2.75) is 32.3 Å². The van der Waals surface area contributed by atoms with Crippen LogP contribution < -0.4 is 5.32 Å². The summed E-state index contributed by atoms with van der Waals surface area (Å²) in [5, 5.41) is 3.04. The highest BCUT2D eigenvalue weighted by Gasteiger charge is 2.63. The maximum atomic E-state index is 12.7. The zero-order chi connectivity index (χ0) is 14.6. The summed E-state index contributed by atoms with van der Waals surface area (Å²) in [7, 11) is 0. The molecule has 21 heavy (non-hydrogen) atoms. The van der Waals surface area contributed by atoms with Crippen molar-refractivity contribution in [3.05, 3.63) is 29.8 Å². The number of hydrogen-bond donors (Lipinski definition) is 1. The molecular formula is C17H19NO3. The molecule has 1 saturated heterocycles. The third-order valence-electron chi connectivity index (χ3n) is 5.44. The summed E-state index contributed by atoms with van der Waals surface area (Å²) in [4.78, 5) is 24.7. The van der Waals surface area contributed by atoms with Gasteiger partial charge in [0.05, 0.1) is 11.8 Å². The van der Waals surface area contributed by atoms with Gasteiger partial charge in [0.25, 0.3) is 0 Å². The first kappa shape index (κ1) is 12.9. The largest absolute Gasteiger partial charge is 0.462 e. The second kappa shape index (κ2) is 4.58. The van der Waals surface area contributed by atoms with Gasteiger partial charge in [0, 0.05) is 11.6 Å². The van der Waals surface area contributed by atoms with Gasteiger partial charge in [0.2, 0.25) is 5.91 Å². The minimum atomic E-state index is -0.206. The van der Waals surface area contributed by atoms with Crippen molar-refractivity contribution in [2.24, 2.45) is 23.7 Å². The van der Waals surface area contributed by atoms with E-state index >= 15 is 0 Å². The average Bonchev–Trinajstić information content (AvgIpc) is 3.09. The number of ether oxygens (including phenoxy) is 1. The molecule has 2 saturated carbocycles. The molecule has 1 aromatic rings. The number of aryl methyl sites for hydroxylation is 1. The van der Waals surface area contributed by atoms with Crippen LogP contribution in [0.1, 0.15) is 25.3 Å². The summed E-state index contributed by atoms with van der Waals surface area (Å²) in [6.45, 7) is 2.07. The molecule has 4 rings (SSSR count). The van der Waals surface area contributed by atoms with Crippen molar-refractivity contribution in [1.29, 1.82) is 0 Å². The first-order valence-electron chi connectivity index (χ1n) is 7.78. The Balaban J connectivity index is 1.57. The Morgan fingerprint density at radius 2 is 2.14 bits per heavy atom. The van der Waals surface area contributed by atoms with Gasteiger partial charge in [-0.2, -0.15) is 0 Å². The molecule has 1 aromatic carbocycles. The van der Waals surface area contributed by atoms with Gasteiger partial charge in [-0.05, 0) is 36.8 Å². The van der Waals surface area contributed by atoms with Gasteiger partial charge < -0.3 is 10.1 Å². The molecule has 0 aromatic heterocycles. The molecule has 4 heteroatoms. The lowest BCUT2D eigenvalue weighted by Gasteiger charge is -2.24. The SMILES string of the molecule is CCc1ccccc1NC(=O)[C@@H]1[C@H]2C[C@@H]3[C@@H]1C(=O)O[C@@H]3C2. The van der Waals surface area contributed by atoms with Crippen LogP contribution in [0.3, 0.4) is 0 Å². The summed E-state index contributed by atoms with van der Waals surface area (Å²) in [6.07, 6.45) is 2.79. The van der Waals surface area contributed by atoms with E-state index in [9.17, 15) is 9.59 Å². The number of benzene rings is 1. The molecule has 2 bridgehead atoms. The van der Waals surface area contributed by atoms with E-state index in [4.69, 9.17) is 4.74 Å². The Bertz CT molecular complexity index is 610. The fraction of sp³-hybridized carbons (Fsp3) is 0.529. The molecule has 2 aliphatic carbocycles. The van der Waals surface area contributed by atoms with Crippen molar-refractivity contribution in [1.82, 2.24) is 0 Å². The van der Waals surface area contributed by atoms with E-state index in [0.717, 1.165) is 30.5 Å². The van der Waals surface area contributed by atoms with Crippen LogP contribution in [-0.4, -0.2) is 18.0 Å². The highest BCUT2D eigenvalue weighted by Crippen LogP contribution is 2.57. The second-order valence-electron chi connectivity index (χ2n) is 6.42. The van der Waals surface area contributed by atoms with Gasteiger partial charge >= 0.3 is 5.97 Å². The molecule has 1 N–H and O–H groups in total. The van der Waals surface area contributed by atoms with Crippen LogP contribution >= 0.6 is 0 Å². The van der Waals surface area contributed by atoms with E-state index in [1.54, 1.807) is 0 Å². The van der Waals surface area contributed by atoms with Crippen LogP contribution in [0.5, 0.6) is 0 Å². The monoisotopic (exact) mass is 285 g/mol. The zero-order valence-electron chi connectivity index (χ0n) is 12.0. The average molecular weight is 285 g/mol. The zero-order valence-corrected chi connectivity index (χ0v) is 12.0. The van der Waals surface area contributed by atoms with E-state index in [-0.39, 0.29) is 35.7 Å². The predicted molar refractivity (Wildman–Crippen MR) is 77.5 cm³/mol. The number of anilines is 1. The van der Waals surface area contributed by atoms with E-state index in [0.29, 0.717) is 5.92 Å². The van der Waals surface area contributed by atoms with Crippen molar-refractivity contribution in [2.75, 3.05) is 5.32 Å². The standard InChI is InChI=1S/C17H19NO3/c1-2-9-5-3-4-6-12(9)18-16(19)14-10-7-11-13(8-10)21-17(20)15(11)14/h3-6,10-11,13-15H,2,7-8H2,1H3,(H,18,19)/t10-,11-,13+,14+,15-/m0/s1. The van der Waals surface area contributed by atoms with E-state index in [1.165, 1.54) is 0 Å². The van der Waals surface area contributed by atoms with Crippen LogP contribution in [0.15, 0.2) is 24.3 Å². The number of nitrogens with one attached hydrogen (secondary N) is 1. The van der Waals surface area contributed by atoms with Crippen LogP contribution in [0.2, 0.25) is 0 Å². The normalized spacial score (nSPS) is 35.9. The summed E-state index contributed by atoms with van der Waals surface area (Å²) in [6, 6.07) is 7.86. The topological polar surface area (TPSA) is 55.4 Å². The Hall–Kier alpha value is -1.84. The number of fused-ring (bicyclic) bond motifs is 1. The number of rotatable bonds is 3. The third kappa shape index (κ3) is 1.81. The lowest BCUT2D eigenvalue weighted by atomic mass is 9.79. The Labute approximate surface area is 123 Å². The summed E-state index contributed by atoms with van der Waals surface area (Å²) in [5.41, 5.74) is 2.00. The highest BCUT2D eigenvalue weighted by molar-refractivity contribution is 5.97. The van der Waals surface area contributed by atoms with Crippen molar-refractivity contribution in [3.8, 4) is 0 Å². The first-order valence-corrected chi connectivity index (χ1v) is 7.78. The molecule has 0 unspecified atom stereocenters. The van der Waals surface area contributed by atoms with Gasteiger partial charge in [0.1, 0.15) is 6.10 Å². The first-order chi connectivity index (χ1) is 10.2. The van der Waals surface area contributed by atoms with Crippen LogP contribution in [0, 0.1) is 23.7 Å². The lowest BCUT2D eigenvalue weighted by Crippen LogP contribution is -2.36. The van der Waals surface area contributed by atoms with E-state index in [2.05, 4.69) is 12.2 Å². The molecule has 5 atom stereocenters. The van der Waals surface area contributed by atoms with Crippen LogP contribution in [-0.2, 0) is 20.7 Å². The van der Waals surface area contributed by atoms with E-state index < -0.39 is 0 Å². The number of carbonyl (C=O) groups excluding carboxylic acids is 2. The van der Waals surface area contributed by atoms with Gasteiger partial charge in [-0.25, -0.2) is 0 Å². The minimum absolute atomic E-state index is 0.00861. The number of carbonyl (C=O) groups is 2. The van der Waals surface area contributed by atoms with E-state index in [1.807, 2.05) is 24.3 Å². The quantitative estimate of drug-likeness (QED) is 0.868. The smallest absolute Gasteiger partial charge is 0.310 e. The molecule has 4 nitrogen and oxygen atoms in total. The Morgan fingerprint density at radius 3 is 2.95 bits per heavy atom. The summed E-state index contributed by atoms with van der Waals surface area (Å²) in [5.74, 6) is 0.0123. The van der Waals surface area contributed by atoms with Gasteiger partial charge in [-0.3, -0.25) is 9.59 Å². The van der Waals surface area contributed by atoms with Gasteiger partial charge in [0.15, 0.2) is 0 Å². The van der Waals surface area contributed by atoms with Gasteiger partial charge in [-0.1, -0.05) is 25.1 Å². The molecule has 3 aliphatic rings. The number of esters is 1. The number of amides is 1. The van der Waals surface area contributed by atoms with Crippen LogP contribution in [0.25, 0.3) is 0 Å². The molecule has 1 aliphatic heterocycles. The maximum Gasteiger partial charge on any atom is 0.310 e. The number of para-hydroxylation sites is 1. The third-order valence-corrected chi connectivity index (χ3v) is 5.44. The fourth-order valence-corrected chi connectivity index (χ4v) is 4.53. The lowest BCUT2D eigenvalue weighted by molar-refractivity contribution is -0.145. The Morgan fingerprint density at radius 1 is 1.33 bits per heavy atom. The minimum Gasteiger partial charge on any atom is -0.462 e. The molecule has 1 amide bonds. The Kier molecular flexibility index (Phi) is 2.81. The molecule has 1 heterocycles. The molecular weight excluding hydrogens is 266 g/mol. The maximum absolute atomic E-state index is 12.7. The fourth-order valence-electron chi connectivity index (χ4n) is 4.53. The second-order valence-corrected chi connectivity index (χ2v) is 6.42. The highest BCUT2D eigenvalue weighted by atomic mass is 16.6. The summed E-state index contributed by atoms with van der Waals surface area (Å²) >= 11 is 0. The van der Waals surface area contributed by atoms with Crippen molar-refractivity contribution in [3.63, 3.8) is 0 Å². The van der Waals surface area contributed by atoms with Crippen LogP contribution in [0.4, 0.5) is 5.69 Å².